The second-order valence-electron chi connectivity index (χ2n) is 3.80. The normalized spacial score (nSPS) is 9.32. The molecule has 2 aromatic rings. The summed E-state index contributed by atoms with van der Waals surface area (Å²) in [6.07, 6.45) is 0. The smallest absolute Gasteiger partial charge is 0.216 e. The van der Waals surface area contributed by atoms with Crippen molar-refractivity contribution in [2.24, 2.45) is 0 Å². The summed E-state index contributed by atoms with van der Waals surface area (Å²) in [7, 11) is 1.48. The minimum Gasteiger partial charge on any atom is -0.488 e. The highest BCUT2D eigenvalue weighted by Gasteiger charge is 2.08. The van der Waals surface area contributed by atoms with Crippen molar-refractivity contribution < 1.29 is 9.47 Å². The molecule has 3 nitrogen and oxygen atoms in total. The van der Waals surface area contributed by atoms with E-state index in [9.17, 15) is 0 Å². The van der Waals surface area contributed by atoms with Gasteiger partial charge in [-0.05, 0) is 17.7 Å². The van der Waals surface area contributed by atoms with Gasteiger partial charge >= 0.3 is 0 Å². The number of halogens is 1. The van der Waals surface area contributed by atoms with Crippen LogP contribution >= 0.6 is 12.4 Å². The van der Waals surface area contributed by atoms with Crippen molar-refractivity contribution >= 4 is 18.3 Å². The zero-order valence-corrected chi connectivity index (χ0v) is 11.4. The first-order chi connectivity index (χ1) is 8.81. The first kappa shape index (κ1) is 15.1. The van der Waals surface area contributed by atoms with Crippen LogP contribution in [0.3, 0.4) is 0 Å². The molecule has 0 aliphatic heterocycles. The number of ether oxygens (including phenoxy) is 2. The van der Waals surface area contributed by atoms with Crippen molar-refractivity contribution in [3.8, 4) is 5.75 Å². The summed E-state index contributed by atoms with van der Waals surface area (Å²) < 4.78 is 10.7. The fourth-order valence-corrected chi connectivity index (χ4v) is 1.63. The van der Waals surface area contributed by atoms with Crippen molar-refractivity contribution in [3.63, 3.8) is 0 Å². The predicted molar refractivity (Wildman–Crippen MR) is 78.3 cm³/mol. The van der Waals surface area contributed by atoms with Gasteiger partial charge in [-0.2, -0.15) is 0 Å². The van der Waals surface area contributed by atoms with Crippen LogP contribution in [0.5, 0.6) is 5.75 Å². The second-order valence-corrected chi connectivity index (χ2v) is 3.80. The van der Waals surface area contributed by atoms with Crippen LogP contribution in [0.2, 0.25) is 0 Å². The van der Waals surface area contributed by atoms with Crippen molar-refractivity contribution in [2.75, 3.05) is 7.11 Å². The van der Waals surface area contributed by atoms with Gasteiger partial charge < -0.3 is 9.47 Å². The van der Waals surface area contributed by atoms with Crippen LogP contribution in [0.4, 0.5) is 0 Å². The van der Waals surface area contributed by atoms with E-state index in [1.807, 2.05) is 54.6 Å². The molecule has 1 N–H and O–H groups in total. The van der Waals surface area contributed by atoms with Crippen LogP contribution in [-0.2, 0) is 11.3 Å². The second kappa shape index (κ2) is 7.44. The predicted octanol–water partition coefficient (Wildman–Crippen LogP) is 3.66. The largest absolute Gasteiger partial charge is 0.488 e. The summed E-state index contributed by atoms with van der Waals surface area (Å²) >= 11 is 0. The number of para-hydroxylation sites is 1. The Morgan fingerprint density at radius 1 is 1.00 bits per heavy atom. The van der Waals surface area contributed by atoms with E-state index in [1.54, 1.807) is 0 Å². The van der Waals surface area contributed by atoms with E-state index in [4.69, 9.17) is 14.9 Å². The number of hydrogen-bond donors (Lipinski definition) is 1. The third-order valence-electron chi connectivity index (χ3n) is 2.57. The highest BCUT2D eigenvalue weighted by Crippen LogP contribution is 2.20. The maximum atomic E-state index is 7.70. The molecule has 0 spiro atoms. The van der Waals surface area contributed by atoms with Gasteiger partial charge in [0.2, 0.25) is 5.90 Å². The molecule has 0 bridgehead atoms. The Morgan fingerprint density at radius 3 is 2.32 bits per heavy atom. The fourth-order valence-electron chi connectivity index (χ4n) is 1.63. The van der Waals surface area contributed by atoms with E-state index >= 15 is 0 Å². The minimum atomic E-state index is 0. The summed E-state index contributed by atoms with van der Waals surface area (Å²) in [6.45, 7) is 0.481. The Labute approximate surface area is 119 Å². The number of rotatable bonds is 4. The van der Waals surface area contributed by atoms with Gasteiger partial charge in [-0.25, -0.2) is 0 Å². The van der Waals surface area contributed by atoms with Gasteiger partial charge in [0.15, 0.2) is 0 Å². The van der Waals surface area contributed by atoms with Gasteiger partial charge in [-0.3, -0.25) is 5.41 Å². The molecular weight excluding hydrogens is 262 g/mol. The molecule has 0 atom stereocenters. The van der Waals surface area contributed by atoms with E-state index in [-0.39, 0.29) is 18.3 Å². The molecule has 0 unspecified atom stereocenters. The average molecular weight is 278 g/mol. The van der Waals surface area contributed by atoms with E-state index in [0.717, 1.165) is 5.56 Å². The number of benzene rings is 2. The molecule has 0 radical (unpaired) electrons. The monoisotopic (exact) mass is 277 g/mol. The number of methoxy groups -OCH3 is 1. The van der Waals surface area contributed by atoms with Crippen LogP contribution in [0.15, 0.2) is 54.6 Å². The standard InChI is InChI=1S/C15H15NO2.ClH/c1-17-15(16)13-9-5-6-10-14(13)18-11-12-7-3-2-4-8-12;/h2-10,16H,11H2,1H3;1H. The molecule has 2 aromatic carbocycles. The molecular formula is C15H16ClNO2. The average Bonchev–Trinajstić information content (AvgIpc) is 2.45. The highest BCUT2D eigenvalue weighted by atomic mass is 35.5. The molecule has 2 rings (SSSR count). The Hall–Kier alpha value is -2.00. The molecule has 0 aromatic heterocycles. The van der Waals surface area contributed by atoms with E-state index in [2.05, 4.69) is 0 Å². The molecule has 0 saturated heterocycles. The van der Waals surface area contributed by atoms with Gasteiger partial charge in [0.1, 0.15) is 12.4 Å². The summed E-state index contributed by atoms with van der Waals surface area (Å²) in [6, 6.07) is 17.3. The third kappa shape index (κ3) is 4.00. The molecule has 4 heteroatoms. The van der Waals surface area contributed by atoms with Gasteiger partial charge in [0.05, 0.1) is 12.7 Å². The lowest BCUT2D eigenvalue weighted by Crippen LogP contribution is -2.05. The van der Waals surface area contributed by atoms with Crippen LogP contribution in [0, 0.1) is 5.41 Å². The molecule has 0 heterocycles. The Bertz CT molecular complexity index is 529. The molecule has 19 heavy (non-hydrogen) atoms. The first-order valence-electron chi connectivity index (χ1n) is 5.70. The molecule has 0 saturated carbocycles. The van der Waals surface area contributed by atoms with Crippen LogP contribution in [0.1, 0.15) is 11.1 Å². The summed E-state index contributed by atoms with van der Waals surface area (Å²) in [5.41, 5.74) is 1.76. The van der Waals surface area contributed by atoms with Gasteiger partial charge in [0.25, 0.3) is 0 Å². The van der Waals surface area contributed by atoms with Gasteiger partial charge in [0, 0.05) is 0 Å². The van der Waals surface area contributed by atoms with E-state index in [1.165, 1.54) is 7.11 Å². The topological polar surface area (TPSA) is 42.3 Å². The molecule has 0 fully saturated rings. The molecule has 0 aliphatic carbocycles. The highest BCUT2D eigenvalue weighted by molar-refractivity contribution is 5.94. The number of nitrogens with one attached hydrogen (secondary N) is 1. The maximum Gasteiger partial charge on any atom is 0.216 e. The summed E-state index contributed by atoms with van der Waals surface area (Å²) in [4.78, 5) is 0. The van der Waals surface area contributed by atoms with Crippen molar-refractivity contribution in [3.05, 3.63) is 65.7 Å². The van der Waals surface area contributed by atoms with Crippen LogP contribution in [0.25, 0.3) is 0 Å². The van der Waals surface area contributed by atoms with Crippen LogP contribution in [-0.4, -0.2) is 13.0 Å². The minimum absolute atomic E-state index is 0. The van der Waals surface area contributed by atoms with Crippen molar-refractivity contribution in [1.82, 2.24) is 0 Å². The van der Waals surface area contributed by atoms with Gasteiger partial charge in [-0.1, -0.05) is 42.5 Å². The fraction of sp³-hybridized carbons (Fsp3) is 0.133. The van der Waals surface area contributed by atoms with E-state index in [0.29, 0.717) is 17.9 Å². The zero-order valence-electron chi connectivity index (χ0n) is 10.6. The third-order valence-corrected chi connectivity index (χ3v) is 2.57. The quantitative estimate of drug-likeness (QED) is 0.684. The number of hydrogen-bond acceptors (Lipinski definition) is 3. The SMILES string of the molecule is COC(=N)c1ccccc1OCc1ccccc1.Cl. The Kier molecular flexibility index (Phi) is 5.90. The van der Waals surface area contributed by atoms with Crippen molar-refractivity contribution in [1.29, 1.82) is 5.41 Å². The molecule has 0 amide bonds. The van der Waals surface area contributed by atoms with Crippen LogP contribution < -0.4 is 4.74 Å². The molecule has 100 valence electrons. The Morgan fingerprint density at radius 2 is 1.63 bits per heavy atom. The Balaban J connectivity index is 0.00000180. The van der Waals surface area contributed by atoms with Crippen molar-refractivity contribution in [2.45, 2.75) is 6.61 Å². The lowest BCUT2D eigenvalue weighted by Gasteiger charge is -2.11. The summed E-state index contributed by atoms with van der Waals surface area (Å²) in [5, 5.41) is 7.70. The lowest BCUT2D eigenvalue weighted by molar-refractivity contribution is 0.303. The van der Waals surface area contributed by atoms with E-state index < -0.39 is 0 Å². The maximum absolute atomic E-state index is 7.70. The summed E-state index contributed by atoms with van der Waals surface area (Å²) in [5.74, 6) is 0.770. The van der Waals surface area contributed by atoms with Gasteiger partial charge in [-0.15, -0.1) is 12.4 Å². The first-order valence-corrected chi connectivity index (χ1v) is 5.70. The lowest BCUT2D eigenvalue weighted by atomic mass is 10.2. The zero-order chi connectivity index (χ0) is 12.8. The molecule has 0 aliphatic rings.